The SMILES string of the molecule is c1ccc(-c2oc3ccc(-c4ccc(-c5ccc6oc(-c7ccccc7)c(-c7ccccc7)c6c5)c5ccccc45)cc3c2-c2ccccc2)cc1. The first-order valence-electron chi connectivity index (χ1n) is 17.7. The van der Waals surface area contributed by atoms with Crippen LogP contribution in [0.15, 0.2) is 203 Å². The highest BCUT2D eigenvalue weighted by Crippen LogP contribution is 2.45. The fraction of sp³-hybridized carbons (Fsp3) is 0. The zero-order valence-electron chi connectivity index (χ0n) is 28.3. The summed E-state index contributed by atoms with van der Waals surface area (Å²) < 4.78 is 13.2. The predicted molar refractivity (Wildman–Crippen MR) is 216 cm³/mol. The van der Waals surface area contributed by atoms with E-state index in [0.717, 1.165) is 78.0 Å². The Balaban J connectivity index is 1.14. The lowest BCUT2D eigenvalue weighted by molar-refractivity contribution is 0.632. The van der Waals surface area contributed by atoms with Gasteiger partial charge in [-0.2, -0.15) is 0 Å². The van der Waals surface area contributed by atoms with Crippen molar-refractivity contribution in [2.24, 2.45) is 0 Å². The van der Waals surface area contributed by atoms with E-state index >= 15 is 0 Å². The van der Waals surface area contributed by atoms with Gasteiger partial charge < -0.3 is 8.83 Å². The largest absolute Gasteiger partial charge is 0.455 e. The van der Waals surface area contributed by atoms with E-state index in [2.05, 4.69) is 182 Å². The zero-order valence-corrected chi connectivity index (χ0v) is 28.3. The van der Waals surface area contributed by atoms with Crippen molar-refractivity contribution >= 4 is 32.7 Å². The van der Waals surface area contributed by atoms with Crippen molar-refractivity contribution in [2.75, 3.05) is 0 Å². The molecule has 244 valence electrons. The van der Waals surface area contributed by atoms with E-state index in [0.29, 0.717) is 0 Å². The van der Waals surface area contributed by atoms with Gasteiger partial charge in [0.15, 0.2) is 0 Å². The van der Waals surface area contributed by atoms with Gasteiger partial charge in [0.2, 0.25) is 0 Å². The normalized spacial score (nSPS) is 11.5. The van der Waals surface area contributed by atoms with E-state index in [-0.39, 0.29) is 0 Å². The van der Waals surface area contributed by atoms with Crippen LogP contribution in [-0.2, 0) is 0 Å². The highest BCUT2D eigenvalue weighted by atomic mass is 16.3. The molecular weight excluding hydrogens is 633 g/mol. The number of rotatable bonds is 6. The van der Waals surface area contributed by atoms with Crippen molar-refractivity contribution in [3.05, 3.63) is 194 Å². The van der Waals surface area contributed by atoms with Crippen LogP contribution in [0.25, 0.3) is 99.9 Å². The van der Waals surface area contributed by atoms with Crippen molar-refractivity contribution in [3.8, 4) is 67.2 Å². The molecule has 2 heteroatoms. The minimum Gasteiger partial charge on any atom is -0.455 e. The van der Waals surface area contributed by atoms with Crippen molar-refractivity contribution in [1.82, 2.24) is 0 Å². The van der Waals surface area contributed by atoms with Gasteiger partial charge in [-0.15, -0.1) is 0 Å². The van der Waals surface area contributed by atoms with Crippen LogP contribution >= 0.6 is 0 Å². The Morgan fingerprint density at radius 2 is 0.596 bits per heavy atom. The Labute approximate surface area is 301 Å². The van der Waals surface area contributed by atoms with Crippen LogP contribution < -0.4 is 0 Å². The van der Waals surface area contributed by atoms with E-state index in [1.807, 2.05) is 12.1 Å². The third-order valence-electron chi connectivity index (χ3n) is 10.1. The first kappa shape index (κ1) is 30.0. The van der Waals surface area contributed by atoms with Crippen LogP contribution in [0.1, 0.15) is 0 Å². The number of hydrogen-bond acceptors (Lipinski definition) is 2. The fourth-order valence-electron chi connectivity index (χ4n) is 7.70. The average molecular weight is 665 g/mol. The smallest absolute Gasteiger partial charge is 0.143 e. The number of furan rings is 2. The van der Waals surface area contributed by atoms with E-state index in [1.165, 1.54) is 21.9 Å². The summed E-state index contributed by atoms with van der Waals surface area (Å²) in [7, 11) is 0. The molecule has 0 spiro atoms. The minimum absolute atomic E-state index is 0.875. The molecule has 0 bridgehead atoms. The lowest BCUT2D eigenvalue weighted by Gasteiger charge is -2.13. The fourth-order valence-corrected chi connectivity index (χ4v) is 7.70. The summed E-state index contributed by atoms with van der Waals surface area (Å²) in [6.07, 6.45) is 0. The molecule has 2 aromatic heterocycles. The van der Waals surface area contributed by atoms with E-state index in [4.69, 9.17) is 8.83 Å². The zero-order chi connectivity index (χ0) is 34.4. The maximum Gasteiger partial charge on any atom is 0.143 e. The third kappa shape index (κ3) is 5.04. The molecule has 0 aliphatic rings. The second-order valence-electron chi connectivity index (χ2n) is 13.2. The van der Waals surface area contributed by atoms with Crippen molar-refractivity contribution in [1.29, 1.82) is 0 Å². The Morgan fingerprint density at radius 1 is 0.250 bits per heavy atom. The minimum atomic E-state index is 0.875. The van der Waals surface area contributed by atoms with Gasteiger partial charge in [0.25, 0.3) is 0 Å². The molecule has 0 atom stereocenters. The summed E-state index contributed by atoms with van der Waals surface area (Å²) in [5.74, 6) is 1.78. The van der Waals surface area contributed by atoms with Gasteiger partial charge in [0.1, 0.15) is 22.7 Å². The highest BCUT2D eigenvalue weighted by molar-refractivity contribution is 6.10. The Kier molecular flexibility index (Phi) is 7.18. The predicted octanol–water partition coefficient (Wildman–Crippen LogP) is 14.3. The van der Waals surface area contributed by atoms with Gasteiger partial charge in [-0.3, -0.25) is 0 Å². The Hall–Kier alpha value is -6.90. The maximum absolute atomic E-state index is 6.59. The molecule has 0 unspecified atom stereocenters. The van der Waals surface area contributed by atoms with Crippen molar-refractivity contribution in [3.63, 3.8) is 0 Å². The molecule has 0 N–H and O–H groups in total. The third-order valence-corrected chi connectivity index (χ3v) is 10.1. The van der Waals surface area contributed by atoms with Crippen LogP contribution in [0.4, 0.5) is 0 Å². The second kappa shape index (κ2) is 12.5. The number of benzene rings is 8. The molecular formula is C50H32O2. The van der Waals surface area contributed by atoms with Crippen LogP contribution in [0.5, 0.6) is 0 Å². The Morgan fingerprint density at radius 3 is 0.981 bits per heavy atom. The standard InChI is InChI=1S/C50H32O2/c1-5-15-33(16-6-1)47-43-31-37(25-29-45(43)51-49(47)35-19-9-3-10-20-35)39-27-28-40(42-24-14-13-23-41(39)42)38-26-30-46-44(32-38)48(34-17-7-2-8-18-34)50(52-46)36-21-11-4-12-22-36/h1-32H. The van der Waals surface area contributed by atoms with Gasteiger partial charge in [0.05, 0.1) is 0 Å². The summed E-state index contributed by atoms with van der Waals surface area (Å²) in [4.78, 5) is 0. The molecule has 0 saturated heterocycles. The van der Waals surface area contributed by atoms with Crippen molar-refractivity contribution in [2.45, 2.75) is 0 Å². The monoisotopic (exact) mass is 664 g/mol. The molecule has 2 heterocycles. The molecule has 0 aliphatic carbocycles. The summed E-state index contributed by atoms with van der Waals surface area (Å²) in [6.45, 7) is 0. The molecule has 0 aliphatic heterocycles. The average Bonchev–Trinajstić information content (AvgIpc) is 3.80. The van der Waals surface area contributed by atoms with E-state index < -0.39 is 0 Å². The van der Waals surface area contributed by atoms with Crippen LogP contribution in [-0.4, -0.2) is 0 Å². The van der Waals surface area contributed by atoms with Crippen LogP contribution in [0.2, 0.25) is 0 Å². The Bertz CT molecular complexity index is 2660. The van der Waals surface area contributed by atoms with E-state index in [9.17, 15) is 0 Å². The maximum atomic E-state index is 6.59. The molecule has 8 aromatic carbocycles. The molecule has 10 rings (SSSR count). The quantitative estimate of drug-likeness (QED) is 0.177. The number of hydrogen-bond donors (Lipinski definition) is 0. The molecule has 0 saturated carbocycles. The van der Waals surface area contributed by atoms with E-state index in [1.54, 1.807) is 0 Å². The molecule has 0 fully saturated rings. The first-order valence-corrected chi connectivity index (χ1v) is 17.7. The summed E-state index contributed by atoms with van der Waals surface area (Å²) in [5, 5.41) is 4.61. The first-order chi connectivity index (χ1) is 25.8. The molecule has 52 heavy (non-hydrogen) atoms. The summed E-state index contributed by atoms with van der Waals surface area (Å²) >= 11 is 0. The molecule has 0 amide bonds. The summed E-state index contributed by atoms with van der Waals surface area (Å²) in [5.41, 5.74) is 13.0. The topological polar surface area (TPSA) is 26.3 Å². The second-order valence-corrected chi connectivity index (χ2v) is 13.2. The molecule has 10 aromatic rings. The number of fused-ring (bicyclic) bond motifs is 3. The van der Waals surface area contributed by atoms with Gasteiger partial charge in [0, 0.05) is 33.0 Å². The lowest BCUT2D eigenvalue weighted by atomic mass is 9.90. The van der Waals surface area contributed by atoms with Gasteiger partial charge in [-0.1, -0.05) is 170 Å². The summed E-state index contributed by atoms with van der Waals surface area (Å²) in [6, 6.07) is 68.4. The van der Waals surface area contributed by atoms with Gasteiger partial charge in [-0.05, 0) is 68.4 Å². The van der Waals surface area contributed by atoms with Gasteiger partial charge in [-0.25, -0.2) is 0 Å². The van der Waals surface area contributed by atoms with Crippen LogP contribution in [0, 0.1) is 0 Å². The van der Waals surface area contributed by atoms with Gasteiger partial charge >= 0.3 is 0 Å². The van der Waals surface area contributed by atoms with Crippen molar-refractivity contribution < 1.29 is 8.83 Å². The molecule has 0 radical (unpaired) electrons. The molecule has 2 nitrogen and oxygen atoms in total. The highest BCUT2D eigenvalue weighted by Gasteiger charge is 2.21. The van der Waals surface area contributed by atoms with Crippen LogP contribution in [0.3, 0.4) is 0 Å². The lowest BCUT2D eigenvalue weighted by Crippen LogP contribution is -1.87.